The molecule has 3 aromatic rings. The molecule has 0 fully saturated rings. The van der Waals surface area contributed by atoms with Crippen molar-refractivity contribution >= 4 is 28.5 Å². The maximum Gasteiger partial charge on any atom is 0.338 e. The van der Waals surface area contributed by atoms with E-state index >= 15 is 0 Å². The molecule has 0 saturated heterocycles. The van der Waals surface area contributed by atoms with Crippen LogP contribution in [0.5, 0.6) is 11.5 Å². The molecule has 1 aromatic heterocycles. The lowest BCUT2D eigenvalue weighted by Crippen LogP contribution is -2.09. The highest BCUT2D eigenvalue weighted by Gasteiger charge is 2.17. The van der Waals surface area contributed by atoms with Crippen LogP contribution in [-0.4, -0.2) is 20.2 Å². The van der Waals surface area contributed by atoms with Gasteiger partial charge in [0.05, 0.1) is 24.8 Å². The summed E-state index contributed by atoms with van der Waals surface area (Å²) in [6.07, 6.45) is 0. The van der Waals surface area contributed by atoms with Crippen molar-refractivity contribution in [2.45, 2.75) is 20.5 Å². The Hall–Kier alpha value is -2.99. The molecule has 0 N–H and O–H groups in total. The Morgan fingerprint density at radius 1 is 1.11 bits per heavy atom. The van der Waals surface area contributed by atoms with Crippen LogP contribution in [0.15, 0.2) is 39.5 Å². The fraction of sp³-hybridized carbons (Fsp3) is 0.238. The molecule has 2 aromatic carbocycles. The Labute approximate surface area is 166 Å². The van der Waals surface area contributed by atoms with E-state index in [9.17, 15) is 9.59 Å². The number of rotatable bonds is 5. The molecule has 0 aliphatic heterocycles. The number of halogens is 1. The number of hydrogen-bond acceptors (Lipinski definition) is 6. The van der Waals surface area contributed by atoms with Gasteiger partial charge in [0.1, 0.15) is 12.2 Å². The van der Waals surface area contributed by atoms with E-state index in [0.29, 0.717) is 22.6 Å². The molecule has 0 aliphatic carbocycles. The maximum absolute atomic E-state index is 12.5. The van der Waals surface area contributed by atoms with Gasteiger partial charge in [-0.1, -0.05) is 23.7 Å². The molecule has 6 nitrogen and oxygen atoms in total. The van der Waals surface area contributed by atoms with E-state index in [1.54, 1.807) is 0 Å². The van der Waals surface area contributed by atoms with E-state index in [1.165, 1.54) is 32.4 Å². The van der Waals surface area contributed by atoms with E-state index in [-0.39, 0.29) is 17.2 Å². The Kier molecular flexibility index (Phi) is 5.61. The van der Waals surface area contributed by atoms with E-state index < -0.39 is 11.6 Å². The van der Waals surface area contributed by atoms with Gasteiger partial charge in [-0.15, -0.1) is 0 Å². The lowest BCUT2D eigenvalue weighted by molar-refractivity contribution is 0.0473. The third-order valence-corrected chi connectivity index (χ3v) is 4.83. The van der Waals surface area contributed by atoms with Crippen molar-refractivity contribution in [3.63, 3.8) is 0 Å². The first kappa shape index (κ1) is 19.8. The predicted molar refractivity (Wildman–Crippen MR) is 106 cm³/mol. The maximum atomic E-state index is 12.5. The van der Waals surface area contributed by atoms with Gasteiger partial charge in [-0.2, -0.15) is 0 Å². The second kappa shape index (κ2) is 7.94. The topological polar surface area (TPSA) is 75.0 Å². The minimum atomic E-state index is -0.604. The summed E-state index contributed by atoms with van der Waals surface area (Å²) in [4.78, 5) is 24.4. The van der Waals surface area contributed by atoms with Crippen LogP contribution in [0.25, 0.3) is 11.0 Å². The van der Waals surface area contributed by atoms with Crippen molar-refractivity contribution in [2.75, 3.05) is 14.2 Å². The van der Waals surface area contributed by atoms with Gasteiger partial charge in [-0.3, -0.25) is 0 Å². The summed E-state index contributed by atoms with van der Waals surface area (Å²) < 4.78 is 21.1. The number of carbonyl (C=O) groups is 1. The quantitative estimate of drug-likeness (QED) is 0.464. The number of fused-ring (bicyclic) bond motifs is 1. The molecule has 0 atom stereocenters. The first-order valence-electron chi connectivity index (χ1n) is 8.47. The van der Waals surface area contributed by atoms with Crippen LogP contribution in [0.3, 0.4) is 0 Å². The number of aryl methyl sites for hydroxylation is 2. The molecule has 0 saturated carbocycles. The minimum Gasteiger partial charge on any atom is -0.493 e. The molecule has 0 unspecified atom stereocenters. The van der Waals surface area contributed by atoms with Crippen LogP contribution < -0.4 is 15.1 Å². The van der Waals surface area contributed by atoms with Crippen LogP contribution >= 0.6 is 11.6 Å². The minimum absolute atomic E-state index is 0.0879. The van der Waals surface area contributed by atoms with Gasteiger partial charge in [0, 0.05) is 17.0 Å². The Morgan fingerprint density at radius 2 is 1.86 bits per heavy atom. The highest BCUT2D eigenvalue weighted by molar-refractivity contribution is 6.32. The molecule has 0 radical (unpaired) electrons. The number of carbonyl (C=O) groups excluding carboxylic acids is 1. The van der Waals surface area contributed by atoms with Crippen molar-refractivity contribution < 1.29 is 23.4 Å². The average molecular weight is 403 g/mol. The summed E-state index contributed by atoms with van der Waals surface area (Å²) in [5, 5.41) is 0.951. The van der Waals surface area contributed by atoms with Gasteiger partial charge in [-0.25, -0.2) is 9.59 Å². The number of hydrogen-bond donors (Lipinski definition) is 0. The SMILES string of the molecule is COc1cc(C(=O)OCc2cc(=O)oc3c(C)c(C)ccc23)cc(Cl)c1OC. The number of benzene rings is 2. The summed E-state index contributed by atoms with van der Waals surface area (Å²) in [6, 6.07) is 8.02. The van der Waals surface area contributed by atoms with Gasteiger partial charge in [0.15, 0.2) is 11.5 Å². The van der Waals surface area contributed by atoms with Crippen molar-refractivity contribution in [3.8, 4) is 11.5 Å². The molecular weight excluding hydrogens is 384 g/mol. The molecule has 0 aliphatic rings. The summed E-state index contributed by atoms with van der Waals surface area (Å²) in [5.41, 5.74) is 2.64. The second-order valence-corrected chi connectivity index (χ2v) is 6.65. The van der Waals surface area contributed by atoms with Gasteiger partial charge in [0.25, 0.3) is 0 Å². The molecule has 28 heavy (non-hydrogen) atoms. The molecule has 0 bridgehead atoms. The van der Waals surface area contributed by atoms with Crippen LogP contribution in [0, 0.1) is 13.8 Å². The third-order valence-electron chi connectivity index (χ3n) is 4.55. The fourth-order valence-electron chi connectivity index (χ4n) is 2.91. The fourth-order valence-corrected chi connectivity index (χ4v) is 3.19. The van der Waals surface area contributed by atoms with Crippen LogP contribution in [0.1, 0.15) is 27.0 Å². The van der Waals surface area contributed by atoms with E-state index in [0.717, 1.165) is 16.5 Å². The van der Waals surface area contributed by atoms with Crippen molar-refractivity contribution in [1.29, 1.82) is 0 Å². The van der Waals surface area contributed by atoms with Crippen molar-refractivity contribution in [1.82, 2.24) is 0 Å². The third kappa shape index (κ3) is 3.68. The summed E-state index contributed by atoms with van der Waals surface area (Å²) in [7, 11) is 2.90. The Balaban J connectivity index is 1.91. The zero-order chi connectivity index (χ0) is 20.4. The van der Waals surface area contributed by atoms with Crippen molar-refractivity contribution in [2.24, 2.45) is 0 Å². The highest BCUT2D eigenvalue weighted by Crippen LogP contribution is 2.36. The van der Waals surface area contributed by atoms with Crippen LogP contribution in [0.4, 0.5) is 0 Å². The predicted octanol–water partition coefficient (Wildman–Crippen LogP) is 4.44. The Morgan fingerprint density at radius 3 is 2.54 bits per heavy atom. The van der Waals surface area contributed by atoms with E-state index in [4.69, 9.17) is 30.2 Å². The molecule has 146 valence electrons. The smallest absolute Gasteiger partial charge is 0.338 e. The molecule has 3 rings (SSSR count). The lowest BCUT2D eigenvalue weighted by Gasteiger charge is -2.12. The number of ether oxygens (including phenoxy) is 3. The zero-order valence-electron chi connectivity index (χ0n) is 15.9. The lowest BCUT2D eigenvalue weighted by atomic mass is 10.0. The summed E-state index contributed by atoms with van der Waals surface area (Å²) in [6.45, 7) is 3.72. The molecule has 7 heteroatoms. The second-order valence-electron chi connectivity index (χ2n) is 6.24. The zero-order valence-corrected chi connectivity index (χ0v) is 16.7. The summed E-state index contributed by atoms with van der Waals surface area (Å²) in [5.74, 6) is 0.0464. The van der Waals surface area contributed by atoms with Gasteiger partial charge in [-0.05, 0) is 37.1 Å². The van der Waals surface area contributed by atoms with Crippen LogP contribution in [-0.2, 0) is 11.3 Å². The molecular formula is C21H19ClO6. The normalized spacial score (nSPS) is 10.8. The highest BCUT2D eigenvalue weighted by atomic mass is 35.5. The Bertz CT molecular complexity index is 1120. The molecule has 0 spiro atoms. The average Bonchev–Trinajstić information content (AvgIpc) is 2.68. The monoisotopic (exact) mass is 402 g/mol. The largest absolute Gasteiger partial charge is 0.493 e. The first-order valence-corrected chi connectivity index (χ1v) is 8.85. The van der Waals surface area contributed by atoms with Crippen LogP contribution in [0.2, 0.25) is 5.02 Å². The van der Waals surface area contributed by atoms with Gasteiger partial charge >= 0.3 is 11.6 Å². The van der Waals surface area contributed by atoms with Gasteiger partial charge in [0.2, 0.25) is 0 Å². The number of esters is 1. The summed E-state index contributed by atoms with van der Waals surface area (Å²) >= 11 is 6.14. The van der Waals surface area contributed by atoms with Gasteiger partial charge < -0.3 is 18.6 Å². The molecule has 0 amide bonds. The molecule has 1 heterocycles. The number of methoxy groups -OCH3 is 2. The standard InChI is InChI=1S/C21H19ClO6/c1-11-5-6-15-14(9-18(23)28-19(15)12(11)2)10-27-21(24)13-7-16(22)20(26-4)17(8-13)25-3/h5-9H,10H2,1-4H3. The first-order chi connectivity index (χ1) is 13.3. The van der Waals surface area contributed by atoms with E-state index in [1.807, 2.05) is 26.0 Å². The van der Waals surface area contributed by atoms with E-state index in [2.05, 4.69) is 0 Å². The van der Waals surface area contributed by atoms with Crippen molar-refractivity contribution in [3.05, 3.63) is 68.0 Å².